The summed E-state index contributed by atoms with van der Waals surface area (Å²) in [4.78, 5) is 14.4. The monoisotopic (exact) mass is 293 g/mol. The highest BCUT2D eigenvalue weighted by Crippen LogP contribution is 2.27. The van der Waals surface area contributed by atoms with Crippen LogP contribution in [-0.2, 0) is 4.79 Å². The number of aromatic nitrogens is 2. The van der Waals surface area contributed by atoms with Crippen LogP contribution < -0.4 is 11.1 Å². The van der Waals surface area contributed by atoms with Gasteiger partial charge >= 0.3 is 0 Å². The van der Waals surface area contributed by atoms with Crippen LogP contribution in [0.3, 0.4) is 0 Å². The van der Waals surface area contributed by atoms with Crippen molar-refractivity contribution in [3.05, 3.63) is 11.4 Å². The van der Waals surface area contributed by atoms with Gasteiger partial charge in [-0.05, 0) is 46.2 Å². The van der Waals surface area contributed by atoms with Crippen molar-refractivity contribution in [3.8, 4) is 0 Å². The quantitative estimate of drug-likeness (QED) is 0.766. The Morgan fingerprint density at radius 3 is 2.76 bits per heavy atom. The number of likely N-dealkylation sites (N-methyl/N-ethyl adjacent to an activating group) is 1. The summed E-state index contributed by atoms with van der Waals surface area (Å²) in [5.41, 5.74) is 8.38. The molecule has 0 saturated heterocycles. The number of nitrogens with one attached hydrogen (secondary N) is 2. The minimum absolute atomic E-state index is 0.00597. The van der Waals surface area contributed by atoms with E-state index in [0.29, 0.717) is 25.0 Å². The van der Waals surface area contributed by atoms with Crippen molar-refractivity contribution in [1.29, 1.82) is 0 Å². The molecular weight excluding hydrogens is 266 g/mol. The fourth-order valence-electron chi connectivity index (χ4n) is 3.30. The van der Waals surface area contributed by atoms with E-state index in [-0.39, 0.29) is 5.91 Å². The molecular formula is C15H27N5O. The summed E-state index contributed by atoms with van der Waals surface area (Å²) in [7, 11) is 2.02. The molecule has 1 aromatic heterocycles. The fraction of sp³-hybridized carbons (Fsp3) is 0.733. The largest absolute Gasteiger partial charge is 0.330 e. The molecule has 1 heterocycles. The van der Waals surface area contributed by atoms with Crippen LogP contribution in [0.4, 0.5) is 5.69 Å². The van der Waals surface area contributed by atoms with Gasteiger partial charge < -0.3 is 11.1 Å². The number of amides is 1. The van der Waals surface area contributed by atoms with Gasteiger partial charge in [0.1, 0.15) is 0 Å². The molecule has 4 N–H and O–H groups in total. The van der Waals surface area contributed by atoms with E-state index < -0.39 is 0 Å². The van der Waals surface area contributed by atoms with Gasteiger partial charge in [0.2, 0.25) is 5.91 Å². The first-order chi connectivity index (χ1) is 10.0. The van der Waals surface area contributed by atoms with Crippen molar-refractivity contribution in [2.24, 2.45) is 11.7 Å². The van der Waals surface area contributed by atoms with E-state index in [2.05, 4.69) is 20.4 Å². The highest BCUT2D eigenvalue weighted by molar-refractivity contribution is 5.93. The summed E-state index contributed by atoms with van der Waals surface area (Å²) in [6, 6.07) is 0.418. The van der Waals surface area contributed by atoms with Crippen molar-refractivity contribution >= 4 is 11.6 Å². The Kier molecular flexibility index (Phi) is 5.36. The lowest BCUT2D eigenvalue weighted by molar-refractivity contribution is -0.117. The van der Waals surface area contributed by atoms with Gasteiger partial charge in [0.05, 0.1) is 23.6 Å². The number of aromatic amines is 1. The molecule has 1 fully saturated rings. The van der Waals surface area contributed by atoms with Gasteiger partial charge in [-0.15, -0.1) is 0 Å². The maximum absolute atomic E-state index is 12.2. The second-order valence-corrected chi connectivity index (χ2v) is 6.12. The lowest BCUT2D eigenvalue weighted by Crippen LogP contribution is -2.46. The highest BCUT2D eigenvalue weighted by Gasteiger charge is 2.28. The second-order valence-electron chi connectivity index (χ2n) is 6.12. The van der Waals surface area contributed by atoms with Crippen molar-refractivity contribution in [1.82, 2.24) is 15.1 Å². The lowest BCUT2D eigenvalue weighted by Gasteiger charge is -2.37. The molecule has 2 atom stereocenters. The standard InChI is InChI=1S/C15H27N5O/c1-10-15(11(2)19-18-10)17-14(21)9-20(3)13-7-5-4-6-12(13)8-16/h12-13H,4-9,16H2,1-3H3,(H,17,21)(H,18,19). The minimum Gasteiger partial charge on any atom is -0.330 e. The van der Waals surface area contributed by atoms with Gasteiger partial charge in [-0.3, -0.25) is 14.8 Å². The Hall–Kier alpha value is -1.40. The van der Waals surface area contributed by atoms with Gasteiger partial charge in [0.15, 0.2) is 0 Å². The molecule has 1 aliphatic rings. The zero-order valence-electron chi connectivity index (χ0n) is 13.3. The molecule has 6 heteroatoms. The van der Waals surface area contributed by atoms with Crippen LogP contribution in [0.25, 0.3) is 0 Å². The lowest BCUT2D eigenvalue weighted by atomic mass is 9.84. The smallest absolute Gasteiger partial charge is 0.238 e. The van der Waals surface area contributed by atoms with E-state index in [1.807, 2.05) is 20.9 Å². The zero-order valence-corrected chi connectivity index (χ0v) is 13.3. The molecule has 1 saturated carbocycles. The van der Waals surface area contributed by atoms with Gasteiger partial charge in [0.25, 0.3) is 0 Å². The van der Waals surface area contributed by atoms with E-state index in [9.17, 15) is 4.79 Å². The molecule has 2 unspecified atom stereocenters. The first-order valence-electron chi connectivity index (χ1n) is 7.74. The van der Waals surface area contributed by atoms with E-state index in [4.69, 9.17) is 5.73 Å². The predicted molar refractivity (Wildman–Crippen MR) is 84.1 cm³/mol. The summed E-state index contributed by atoms with van der Waals surface area (Å²) in [6.45, 7) is 4.89. The SMILES string of the molecule is Cc1n[nH]c(C)c1NC(=O)CN(C)C1CCCCC1CN. The summed E-state index contributed by atoms with van der Waals surface area (Å²) < 4.78 is 0. The number of hydrogen-bond acceptors (Lipinski definition) is 4. The van der Waals surface area contributed by atoms with Gasteiger partial charge in [-0.1, -0.05) is 12.8 Å². The number of nitrogens with zero attached hydrogens (tertiary/aromatic N) is 2. The Morgan fingerprint density at radius 1 is 1.43 bits per heavy atom. The molecule has 0 spiro atoms. The van der Waals surface area contributed by atoms with Crippen molar-refractivity contribution in [2.75, 3.05) is 25.5 Å². The molecule has 0 aromatic carbocycles. The highest BCUT2D eigenvalue weighted by atomic mass is 16.2. The summed E-state index contributed by atoms with van der Waals surface area (Å²) in [5.74, 6) is 0.514. The van der Waals surface area contributed by atoms with Gasteiger partial charge in [-0.2, -0.15) is 5.10 Å². The number of anilines is 1. The number of carbonyl (C=O) groups excluding carboxylic acids is 1. The van der Waals surface area contributed by atoms with Gasteiger partial charge in [0, 0.05) is 6.04 Å². The summed E-state index contributed by atoms with van der Waals surface area (Å²) >= 11 is 0. The number of aryl methyl sites for hydroxylation is 2. The van der Waals surface area contributed by atoms with Crippen LogP contribution in [0.1, 0.15) is 37.1 Å². The Labute approximate surface area is 126 Å². The molecule has 6 nitrogen and oxygen atoms in total. The predicted octanol–water partition coefficient (Wildman–Crippen LogP) is 1.41. The fourth-order valence-corrected chi connectivity index (χ4v) is 3.30. The van der Waals surface area contributed by atoms with E-state index >= 15 is 0 Å². The molecule has 2 rings (SSSR count). The van der Waals surface area contributed by atoms with Crippen molar-refractivity contribution in [3.63, 3.8) is 0 Å². The first kappa shape index (κ1) is 16.0. The van der Waals surface area contributed by atoms with Crippen molar-refractivity contribution in [2.45, 2.75) is 45.6 Å². The molecule has 0 radical (unpaired) electrons. The third-order valence-electron chi connectivity index (χ3n) is 4.52. The van der Waals surface area contributed by atoms with Crippen molar-refractivity contribution < 1.29 is 4.79 Å². The number of nitrogens with two attached hydrogens (primary N) is 1. The van der Waals surface area contributed by atoms with Crippen LogP contribution in [0, 0.1) is 19.8 Å². The molecule has 21 heavy (non-hydrogen) atoms. The van der Waals surface area contributed by atoms with Crippen LogP contribution in [-0.4, -0.2) is 47.2 Å². The number of carbonyl (C=O) groups is 1. The Bertz CT molecular complexity index is 465. The number of rotatable bonds is 5. The third-order valence-corrected chi connectivity index (χ3v) is 4.52. The molecule has 1 aromatic rings. The normalized spacial score (nSPS) is 22.5. The molecule has 1 amide bonds. The van der Waals surface area contributed by atoms with Crippen LogP contribution in [0.2, 0.25) is 0 Å². The maximum Gasteiger partial charge on any atom is 0.238 e. The van der Waals surface area contributed by atoms with Gasteiger partial charge in [-0.25, -0.2) is 0 Å². The summed E-state index contributed by atoms with van der Waals surface area (Å²) in [5, 5.41) is 9.93. The average molecular weight is 293 g/mol. The van der Waals surface area contributed by atoms with Crippen LogP contribution in [0.15, 0.2) is 0 Å². The van der Waals surface area contributed by atoms with Crippen LogP contribution in [0.5, 0.6) is 0 Å². The van der Waals surface area contributed by atoms with Crippen LogP contribution >= 0.6 is 0 Å². The Morgan fingerprint density at radius 2 is 2.14 bits per heavy atom. The minimum atomic E-state index is 0.00597. The van der Waals surface area contributed by atoms with E-state index in [1.54, 1.807) is 0 Å². The van der Waals surface area contributed by atoms with E-state index in [0.717, 1.165) is 23.5 Å². The summed E-state index contributed by atoms with van der Waals surface area (Å²) in [6.07, 6.45) is 4.79. The number of hydrogen-bond donors (Lipinski definition) is 3. The maximum atomic E-state index is 12.2. The molecule has 0 aliphatic heterocycles. The Balaban J connectivity index is 1.92. The number of H-pyrrole nitrogens is 1. The molecule has 118 valence electrons. The molecule has 0 bridgehead atoms. The van der Waals surface area contributed by atoms with E-state index in [1.165, 1.54) is 19.3 Å². The molecule has 1 aliphatic carbocycles. The second kappa shape index (κ2) is 7.04. The first-order valence-corrected chi connectivity index (χ1v) is 7.74. The zero-order chi connectivity index (χ0) is 15.4. The topological polar surface area (TPSA) is 87.0 Å². The average Bonchev–Trinajstić information content (AvgIpc) is 2.79. The third kappa shape index (κ3) is 3.83.